The second-order valence-corrected chi connectivity index (χ2v) is 5.85. The zero-order chi connectivity index (χ0) is 16.9. The number of thiophene rings is 1. The van der Waals surface area contributed by atoms with Gasteiger partial charge in [0.05, 0.1) is 5.69 Å². The van der Waals surface area contributed by atoms with Gasteiger partial charge in [0, 0.05) is 28.9 Å². The molecule has 0 radical (unpaired) electrons. The van der Waals surface area contributed by atoms with Crippen molar-refractivity contribution in [3.8, 4) is 11.1 Å². The quantitative estimate of drug-likeness (QED) is 0.696. The number of carbonyl (C=O) groups is 1. The van der Waals surface area contributed by atoms with Crippen LogP contribution in [0.5, 0.6) is 0 Å². The van der Waals surface area contributed by atoms with E-state index in [1.165, 1.54) is 29.5 Å². The highest BCUT2D eigenvalue weighted by Crippen LogP contribution is 2.25. The van der Waals surface area contributed by atoms with Crippen molar-refractivity contribution in [2.24, 2.45) is 0 Å². The number of pyridine rings is 1. The van der Waals surface area contributed by atoms with Gasteiger partial charge in [0.15, 0.2) is 11.6 Å². The molecule has 24 heavy (non-hydrogen) atoms. The van der Waals surface area contributed by atoms with Crippen LogP contribution < -0.4 is 5.32 Å². The number of aromatic nitrogens is 1. The van der Waals surface area contributed by atoms with Gasteiger partial charge in [-0.2, -0.15) is 0 Å². The lowest BCUT2D eigenvalue weighted by atomic mass is 10.1. The predicted molar refractivity (Wildman–Crippen MR) is 91.6 cm³/mol. The molecule has 0 saturated carbocycles. The average Bonchev–Trinajstić information content (AvgIpc) is 3.07. The van der Waals surface area contributed by atoms with Gasteiger partial charge < -0.3 is 5.32 Å². The smallest absolute Gasteiger partial charge is 0.248 e. The second-order valence-electron chi connectivity index (χ2n) is 4.90. The lowest BCUT2D eigenvalue weighted by Gasteiger charge is -2.03. The molecule has 6 heteroatoms. The topological polar surface area (TPSA) is 42.0 Å². The maximum atomic E-state index is 13.5. The van der Waals surface area contributed by atoms with Crippen LogP contribution in [0.4, 0.5) is 14.5 Å². The van der Waals surface area contributed by atoms with Crippen LogP contribution in [-0.4, -0.2) is 10.9 Å². The normalized spacial score (nSPS) is 10.9. The summed E-state index contributed by atoms with van der Waals surface area (Å²) in [5.41, 5.74) is 1.80. The van der Waals surface area contributed by atoms with E-state index in [-0.39, 0.29) is 5.69 Å². The third-order valence-electron chi connectivity index (χ3n) is 3.22. The summed E-state index contributed by atoms with van der Waals surface area (Å²) in [5.74, 6) is -2.61. The van der Waals surface area contributed by atoms with Crippen LogP contribution in [0.3, 0.4) is 0 Å². The zero-order valence-electron chi connectivity index (χ0n) is 12.4. The molecule has 3 aromatic rings. The molecule has 0 spiro atoms. The molecule has 0 atom stereocenters. The van der Waals surface area contributed by atoms with Gasteiger partial charge in [-0.1, -0.05) is 12.1 Å². The number of anilines is 1. The Kier molecular flexibility index (Phi) is 4.77. The lowest BCUT2D eigenvalue weighted by Crippen LogP contribution is -2.09. The standard InChI is InChI=1S/C18H12F2N2OS/c19-15-4-1-5-16(18(15)20)22-17(23)7-6-14-9-13(11-24-14)12-3-2-8-21-10-12/h1-11H,(H,22,23)/b7-6+. The summed E-state index contributed by atoms with van der Waals surface area (Å²) in [7, 11) is 0. The number of carbonyl (C=O) groups excluding carboxylic acids is 1. The molecular formula is C18H12F2N2OS. The van der Waals surface area contributed by atoms with E-state index in [9.17, 15) is 13.6 Å². The molecule has 2 heterocycles. The fraction of sp³-hybridized carbons (Fsp3) is 0. The van der Waals surface area contributed by atoms with E-state index in [2.05, 4.69) is 10.3 Å². The van der Waals surface area contributed by atoms with Crippen molar-refractivity contribution in [3.63, 3.8) is 0 Å². The fourth-order valence-electron chi connectivity index (χ4n) is 2.06. The van der Waals surface area contributed by atoms with E-state index in [0.717, 1.165) is 22.1 Å². The highest BCUT2D eigenvalue weighted by molar-refractivity contribution is 7.11. The van der Waals surface area contributed by atoms with Crippen molar-refractivity contribution >= 4 is 29.0 Å². The zero-order valence-corrected chi connectivity index (χ0v) is 13.2. The Labute approximate surface area is 141 Å². The Morgan fingerprint density at radius 1 is 1.17 bits per heavy atom. The van der Waals surface area contributed by atoms with E-state index < -0.39 is 17.5 Å². The summed E-state index contributed by atoms with van der Waals surface area (Å²) >= 11 is 1.47. The van der Waals surface area contributed by atoms with E-state index >= 15 is 0 Å². The number of benzene rings is 1. The Balaban J connectivity index is 1.69. The molecule has 3 nitrogen and oxygen atoms in total. The van der Waals surface area contributed by atoms with E-state index in [1.54, 1.807) is 18.5 Å². The van der Waals surface area contributed by atoms with Crippen LogP contribution >= 0.6 is 11.3 Å². The van der Waals surface area contributed by atoms with E-state index in [4.69, 9.17) is 0 Å². The number of nitrogens with one attached hydrogen (secondary N) is 1. The highest BCUT2D eigenvalue weighted by Gasteiger charge is 2.09. The summed E-state index contributed by atoms with van der Waals surface area (Å²) in [5, 5.41) is 4.27. The van der Waals surface area contributed by atoms with Gasteiger partial charge in [0.25, 0.3) is 0 Å². The minimum atomic E-state index is -1.07. The summed E-state index contributed by atoms with van der Waals surface area (Å²) in [6.07, 6.45) is 6.36. The largest absolute Gasteiger partial charge is 0.320 e. The van der Waals surface area contributed by atoms with Gasteiger partial charge in [0.1, 0.15) is 0 Å². The molecule has 0 aliphatic heterocycles. The van der Waals surface area contributed by atoms with Crippen molar-refractivity contribution in [2.45, 2.75) is 0 Å². The van der Waals surface area contributed by atoms with Gasteiger partial charge >= 0.3 is 0 Å². The van der Waals surface area contributed by atoms with Crippen molar-refractivity contribution in [1.82, 2.24) is 4.98 Å². The fourth-order valence-corrected chi connectivity index (χ4v) is 2.87. The van der Waals surface area contributed by atoms with Crippen molar-refractivity contribution in [2.75, 3.05) is 5.32 Å². The van der Waals surface area contributed by atoms with Crippen molar-refractivity contribution in [1.29, 1.82) is 0 Å². The van der Waals surface area contributed by atoms with E-state index in [1.807, 2.05) is 23.6 Å². The molecular weight excluding hydrogens is 330 g/mol. The average molecular weight is 342 g/mol. The summed E-state index contributed by atoms with van der Waals surface area (Å²) in [6.45, 7) is 0. The molecule has 0 aliphatic carbocycles. The van der Waals surface area contributed by atoms with Crippen molar-refractivity contribution < 1.29 is 13.6 Å². The third-order valence-corrected chi connectivity index (χ3v) is 4.12. The monoisotopic (exact) mass is 342 g/mol. The van der Waals surface area contributed by atoms with Crippen LogP contribution in [-0.2, 0) is 4.79 Å². The van der Waals surface area contributed by atoms with Crippen LogP contribution in [0.1, 0.15) is 4.88 Å². The maximum absolute atomic E-state index is 13.5. The number of halogens is 2. The number of amides is 1. The lowest BCUT2D eigenvalue weighted by molar-refractivity contribution is -0.111. The molecule has 0 unspecified atom stereocenters. The van der Waals surface area contributed by atoms with Gasteiger partial charge in [-0.3, -0.25) is 9.78 Å². The molecule has 3 rings (SSSR count). The first kappa shape index (κ1) is 16.0. The third kappa shape index (κ3) is 3.72. The van der Waals surface area contributed by atoms with Gasteiger partial charge in [-0.05, 0) is 41.3 Å². The second kappa shape index (κ2) is 7.14. The first-order valence-electron chi connectivity index (χ1n) is 7.05. The molecule has 0 bridgehead atoms. The predicted octanol–water partition coefficient (Wildman–Crippen LogP) is 4.74. The van der Waals surface area contributed by atoms with Crippen LogP contribution in [0, 0.1) is 11.6 Å². The minimum Gasteiger partial charge on any atom is -0.320 e. The SMILES string of the molecule is O=C(/C=C/c1cc(-c2cccnc2)cs1)Nc1cccc(F)c1F. The Morgan fingerprint density at radius 2 is 2.04 bits per heavy atom. The molecule has 1 aromatic carbocycles. The van der Waals surface area contributed by atoms with Crippen LogP contribution in [0.25, 0.3) is 17.2 Å². The molecule has 0 saturated heterocycles. The maximum Gasteiger partial charge on any atom is 0.248 e. The van der Waals surface area contributed by atoms with E-state index in [0.29, 0.717) is 0 Å². The molecule has 0 aliphatic rings. The number of hydrogen-bond acceptors (Lipinski definition) is 3. The Morgan fingerprint density at radius 3 is 2.83 bits per heavy atom. The summed E-state index contributed by atoms with van der Waals surface area (Å²) in [6, 6.07) is 9.35. The minimum absolute atomic E-state index is 0.188. The molecule has 1 amide bonds. The Hall–Kier alpha value is -2.86. The van der Waals surface area contributed by atoms with Crippen LogP contribution in [0.15, 0.2) is 60.2 Å². The first-order valence-corrected chi connectivity index (χ1v) is 7.93. The van der Waals surface area contributed by atoms with Crippen molar-refractivity contribution in [3.05, 3.63) is 76.8 Å². The number of hydrogen-bond donors (Lipinski definition) is 1. The van der Waals surface area contributed by atoms with Gasteiger partial charge in [0.2, 0.25) is 5.91 Å². The van der Waals surface area contributed by atoms with Crippen LogP contribution in [0.2, 0.25) is 0 Å². The molecule has 120 valence electrons. The van der Waals surface area contributed by atoms with Gasteiger partial charge in [-0.15, -0.1) is 11.3 Å². The highest BCUT2D eigenvalue weighted by atomic mass is 32.1. The summed E-state index contributed by atoms with van der Waals surface area (Å²) < 4.78 is 26.6. The molecule has 0 fully saturated rings. The molecule has 1 N–H and O–H groups in total. The van der Waals surface area contributed by atoms with Gasteiger partial charge in [-0.25, -0.2) is 8.78 Å². The summed E-state index contributed by atoms with van der Waals surface area (Å²) in [4.78, 5) is 16.8. The number of rotatable bonds is 4. The molecule has 2 aromatic heterocycles. The number of nitrogens with zero attached hydrogens (tertiary/aromatic N) is 1. The first-order chi connectivity index (χ1) is 11.6. The Bertz CT molecular complexity index is 891.